The summed E-state index contributed by atoms with van der Waals surface area (Å²) in [5.41, 5.74) is 8.28. The van der Waals surface area contributed by atoms with Crippen molar-refractivity contribution in [3.05, 3.63) is 64.1 Å². The van der Waals surface area contributed by atoms with Gasteiger partial charge in [0, 0.05) is 22.5 Å². The average molecular weight is 320 g/mol. The minimum Gasteiger partial charge on any atom is -0.493 e. The highest BCUT2D eigenvalue weighted by Crippen LogP contribution is 2.27. The van der Waals surface area contributed by atoms with Gasteiger partial charge in [0.2, 0.25) is 0 Å². The smallest absolute Gasteiger partial charge is 0.124 e. The van der Waals surface area contributed by atoms with Crippen LogP contribution in [0.4, 0.5) is 0 Å². The second-order valence-corrected chi connectivity index (χ2v) is 5.47. The van der Waals surface area contributed by atoms with Gasteiger partial charge in [-0.15, -0.1) is 0 Å². The summed E-state index contributed by atoms with van der Waals surface area (Å²) in [6.07, 6.45) is 0.898. The molecule has 2 N–H and O–H groups in total. The van der Waals surface area contributed by atoms with E-state index in [0.29, 0.717) is 6.61 Å². The van der Waals surface area contributed by atoms with Gasteiger partial charge in [-0.2, -0.15) is 0 Å². The van der Waals surface area contributed by atoms with Gasteiger partial charge in [0.25, 0.3) is 0 Å². The van der Waals surface area contributed by atoms with Gasteiger partial charge in [0.1, 0.15) is 5.75 Å². The van der Waals surface area contributed by atoms with Crippen molar-refractivity contribution in [2.75, 3.05) is 6.61 Å². The number of hydrogen-bond donors (Lipinski definition) is 1. The van der Waals surface area contributed by atoms with E-state index < -0.39 is 0 Å². The largest absolute Gasteiger partial charge is 0.493 e. The highest BCUT2D eigenvalue weighted by Gasteiger charge is 2.08. The van der Waals surface area contributed by atoms with Gasteiger partial charge in [0.05, 0.1) is 6.61 Å². The first-order valence-corrected chi connectivity index (χ1v) is 7.18. The maximum Gasteiger partial charge on any atom is 0.124 e. The second kappa shape index (κ2) is 6.73. The molecule has 2 nitrogen and oxygen atoms in total. The van der Waals surface area contributed by atoms with E-state index in [2.05, 4.69) is 28.1 Å². The predicted molar refractivity (Wildman–Crippen MR) is 82.4 cm³/mol. The van der Waals surface area contributed by atoms with E-state index in [9.17, 15) is 0 Å². The number of ether oxygens (including phenoxy) is 1. The lowest BCUT2D eigenvalue weighted by Crippen LogP contribution is -2.09. The summed E-state index contributed by atoms with van der Waals surface area (Å²) < 4.78 is 6.88. The normalized spacial score (nSPS) is 12.2. The Morgan fingerprint density at radius 3 is 2.58 bits per heavy atom. The first-order valence-electron chi connectivity index (χ1n) is 6.38. The quantitative estimate of drug-likeness (QED) is 0.900. The Labute approximate surface area is 122 Å². The molecule has 19 heavy (non-hydrogen) atoms. The zero-order valence-corrected chi connectivity index (χ0v) is 12.6. The Balaban J connectivity index is 2.00. The summed E-state index contributed by atoms with van der Waals surface area (Å²) in [5, 5.41) is 0. The third-order valence-electron chi connectivity index (χ3n) is 2.95. The van der Waals surface area contributed by atoms with Gasteiger partial charge < -0.3 is 10.5 Å². The molecule has 3 heteroatoms. The Kier molecular flexibility index (Phi) is 5.00. The van der Waals surface area contributed by atoms with E-state index in [4.69, 9.17) is 10.5 Å². The van der Waals surface area contributed by atoms with Crippen molar-refractivity contribution in [1.29, 1.82) is 0 Å². The molecule has 0 heterocycles. The van der Waals surface area contributed by atoms with Crippen molar-refractivity contribution in [2.24, 2.45) is 5.73 Å². The van der Waals surface area contributed by atoms with Crippen LogP contribution in [0.1, 0.15) is 24.1 Å². The molecule has 0 aliphatic heterocycles. The van der Waals surface area contributed by atoms with Gasteiger partial charge in [-0.1, -0.05) is 46.3 Å². The van der Waals surface area contributed by atoms with Crippen molar-refractivity contribution in [3.8, 4) is 5.75 Å². The van der Waals surface area contributed by atoms with Gasteiger partial charge in [0.15, 0.2) is 0 Å². The van der Waals surface area contributed by atoms with E-state index >= 15 is 0 Å². The van der Waals surface area contributed by atoms with Crippen LogP contribution in [-0.2, 0) is 6.42 Å². The summed E-state index contributed by atoms with van der Waals surface area (Å²) in [7, 11) is 0. The summed E-state index contributed by atoms with van der Waals surface area (Å²) in [4.78, 5) is 0. The van der Waals surface area contributed by atoms with E-state index in [-0.39, 0.29) is 6.04 Å². The van der Waals surface area contributed by atoms with Crippen LogP contribution in [0.5, 0.6) is 5.75 Å². The molecule has 1 unspecified atom stereocenters. The Morgan fingerprint density at radius 1 is 1.16 bits per heavy atom. The number of hydrogen-bond acceptors (Lipinski definition) is 2. The second-order valence-electron chi connectivity index (χ2n) is 4.55. The third-order valence-corrected chi connectivity index (χ3v) is 3.45. The molecule has 0 radical (unpaired) electrons. The third kappa shape index (κ3) is 4.08. The number of benzene rings is 2. The molecule has 2 rings (SSSR count). The zero-order valence-electron chi connectivity index (χ0n) is 11.0. The Morgan fingerprint density at radius 2 is 1.89 bits per heavy atom. The molecule has 100 valence electrons. The maximum atomic E-state index is 5.97. The minimum atomic E-state index is -0.0378. The van der Waals surface area contributed by atoms with E-state index in [1.165, 1.54) is 5.56 Å². The predicted octanol–water partition coefficient (Wildman–Crippen LogP) is 4.09. The van der Waals surface area contributed by atoms with Crippen LogP contribution < -0.4 is 10.5 Å². The molecule has 0 bridgehead atoms. The molecule has 0 fully saturated rings. The summed E-state index contributed by atoms with van der Waals surface area (Å²) in [5.74, 6) is 0.870. The molecule has 0 aromatic heterocycles. The lowest BCUT2D eigenvalue weighted by Gasteiger charge is -2.14. The average Bonchev–Trinajstić information content (AvgIpc) is 2.41. The summed E-state index contributed by atoms with van der Waals surface area (Å²) in [6.45, 7) is 2.62. The van der Waals surface area contributed by atoms with Gasteiger partial charge in [-0.05, 0) is 30.7 Å². The fraction of sp³-hybridized carbons (Fsp3) is 0.250. The lowest BCUT2D eigenvalue weighted by atomic mass is 10.1. The fourth-order valence-electron chi connectivity index (χ4n) is 1.93. The van der Waals surface area contributed by atoms with Crippen LogP contribution >= 0.6 is 15.9 Å². The molecule has 0 amide bonds. The monoisotopic (exact) mass is 319 g/mol. The number of nitrogens with two attached hydrogens (primary N) is 1. The first-order chi connectivity index (χ1) is 9.16. The molecule has 1 atom stereocenters. The number of halogens is 1. The van der Waals surface area contributed by atoms with Crippen LogP contribution in [0.3, 0.4) is 0 Å². The lowest BCUT2D eigenvalue weighted by molar-refractivity contribution is 0.317. The first kappa shape index (κ1) is 14.1. The molecular weight excluding hydrogens is 302 g/mol. The van der Waals surface area contributed by atoms with Crippen LogP contribution in [0.15, 0.2) is 53.0 Å². The molecule has 2 aromatic rings. The Hall–Kier alpha value is -1.32. The molecule has 2 aromatic carbocycles. The fourth-order valence-corrected chi connectivity index (χ4v) is 2.31. The molecule has 0 saturated carbocycles. The summed E-state index contributed by atoms with van der Waals surface area (Å²) in [6, 6.07) is 16.2. The van der Waals surface area contributed by atoms with E-state index in [1.807, 2.05) is 43.3 Å². The van der Waals surface area contributed by atoms with Crippen LogP contribution in [0.2, 0.25) is 0 Å². The highest BCUT2D eigenvalue weighted by atomic mass is 79.9. The van der Waals surface area contributed by atoms with Gasteiger partial charge >= 0.3 is 0 Å². The van der Waals surface area contributed by atoms with Gasteiger partial charge in [-0.3, -0.25) is 0 Å². The van der Waals surface area contributed by atoms with Crippen molar-refractivity contribution in [3.63, 3.8) is 0 Å². The van der Waals surface area contributed by atoms with E-state index in [0.717, 1.165) is 22.2 Å². The molecule has 0 saturated heterocycles. The highest BCUT2D eigenvalue weighted by molar-refractivity contribution is 9.10. The van der Waals surface area contributed by atoms with Gasteiger partial charge in [-0.25, -0.2) is 0 Å². The maximum absolute atomic E-state index is 5.97. The summed E-state index contributed by atoms with van der Waals surface area (Å²) >= 11 is 3.46. The van der Waals surface area contributed by atoms with Crippen LogP contribution in [0.25, 0.3) is 0 Å². The molecular formula is C16H18BrNO. The molecule has 0 aliphatic carbocycles. The van der Waals surface area contributed by atoms with E-state index in [1.54, 1.807) is 0 Å². The Bertz CT molecular complexity index is 526. The minimum absolute atomic E-state index is 0.0378. The zero-order chi connectivity index (χ0) is 13.7. The van der Waals surface area contributed by atoms with Crippen molar-refractivity contribution < 1.29 is 4.74 Å². The molecule has 0 aliphatic rings. The van der Waals surface area contributed by atoms with Crippen molar-refractivity contribution in [2.45, 2.75) is 19.4 Å². The van der Waals surface area contributed by atoms with Crippen molar-refractivity contribution >= 4 is 15.9 Å². The standard InChI is InChI=1S/C16H18BrNO/c1-12(18)15-11-14(17)7-8-16(15)19-10-9-13-5-3-2-4-6-13/h2-8,11-12H,9-10,18H2,1H3. The SMILES string of the molecule is CC(N)c1cc(Br)ccc1OCCc1ccccc1. The van der Waals surface area contributed by atoms with Crippen LogP contribution in [-0.4, -0.2) is 6.61 Å². The van der Waals surface area contributed by atoms with Crippen LogP contribution in [0, 0.1) is 0 Å². The molecule has 0 spiro atoms. The topological polar surface area (TPSA) is 35.2 Å². The van der Waals surface area contributed by atoms with Crippen molar-refractivity contribution in [1.82, 2.24) is 0 Å². The number of rotatable bonds is 5.